The molecule has 110 valence electrons. The summed E-state index contributed by atoms with van der Waals surface area (Å²) < 4.78 is 15.0. The van der Waals surface area contributed by atoms with Crippen LogP contribution in [0.3, 0.4) is 0 Å². The Morgan fingerprint density at radius 1 is 1.50 bits per heavy atom. The zero-order valence-electron chi connectivity index (χ0n) is 11.0. The third-order valence-electron chi connectivity index (χ3n) is 2.38. The Balaban J connectivity index is 3.05. The van der Waals surface area contributed by atoms with Crippen LogP contribution in [0.5, 0.6) is 11.5 Å². The Labute approximate surface area is 114 Å². The van der Waals surface area contributed by atoms with Crippen molar-refractivity contribution >= 4 is 11.6 Å². The van der Waals surface area contributed by atoms with Crippen LogP contribution in [-0.2, 0) is 9.53 Å². The first-order chi connectivity index (χ1) is 9.53. The normalized spacial score (nSPS) is 11.6. The van der Waals surface area contributed by atoms with Gasteiger partial charge in [0, 0.05) is 7.11 Å². The maximum atomic E-state index is 11.5. The molecule has 1 aromatic rings. The van der Waals surface area contributed by atoms with Crippen LogP contribution in [0.25, 0.3) is 0 Å². The standard InChI is InChI=1S/C11H15N3O6/c1-18-6-10(11(15)13-12)20-9-4-3-7(19-2)5-8(9)14(16)17/h3-5,10H,6,12H2,1-2H3,(H,13,15). The molecule has 0 heterocycles. The summed E-state index contributed by atoms with van der Waals surface area (Å²) in [6.07, 6.45) is -1.10. The minimum absolute atomic E-state index is 0.0820. The fourth-order valence-corrected chi connectivity index (χ4v) is 1.43. The first-order valence-electron chi connectivity index (χ1n) is 5.52. The van der Waals surface area contributed by atoms with E-state index in [1.165, 1.54) is 32.4 Å². The number of carbonyl (C=O) groups excluding carboxylic acids is 1. The fraction of sp³-hybridized carbons (Fsp3) is 0.364. The minimum Gasteiger partial charge on any atom is -0.496 e. The van der Waals surface area contributed by atoms with Gasteiger partial charge in [-0.15, -0.1) is 0 Å². The third-order valence-corrected chi connectivity index (χ3v) is 2.38. The highest BCUT2D eigenvalue weighted by atomic mass is 16.6. The van der Waals surface area contributed by atoms with Gasteiger partial charge in [-0.05, 0) is 12.1 Å². The van der Waals surface area contributed by atoms with Gasteiger partial charge in [0.25, 0.3) is 5.91 Å². The maximum absolute atomic E-state index is 11.5. The van der Waals surface area contributed by atoms with Crippen LogP contribution in [-0.4, -0.2) is 37.8 Å². The Hall–Kier alpha value is -2.39. The topological polar surface area (TPSA) is 126 Å². The summed E-state index contributed by atoms with van der Waals surface area (Å²) in [5.74, 6) is 4.58. The van der Waals surface area contributed by atoms with Crippen molar-refractivity contribution in [2.24, 2.45) is 5.84 Å². The van der Waals surface area contributed by atoms with Crippen molar-refractivity contribution in [3.05, 3.63) is 28.3 Å². The van der Waals surface area contributed by atoms with Crippen LogP contribution < -0.4 is 20.7 Å². The molecule has 0 aliphatic carbocycles. The van der Waals surface area contributed by atoms with Gasteiger partial charge in [0.05, 0.1) is 24.7 Å². The molecule has 0 spiro atoms. The fourth-order valence-electron chi connectivity index (χ4n) is 1.43. The first-order valence-corrected chi connectivity index (χ1v) is 5.52. The molecule has 1 aromatic carbocycles. The number of ether oxygens (including phenoxy) is 3. The molecule has 9 heteroatoms. The molecule has 0 saturated heterocycles. The Kier molecular flexibility index (Phi) is 5.69. The van der Waals surface area contributed by atoms with Crippen LogP contribution >= 0.6 is 0 Å². The molecule has 1 unspecified atom stereocenters. The van der Waals surface area contributed by atoms with Crippen LogP contribution in [0.2, 0.25) is 0 Å². The summed E-state index contributed by atoms with van der Waals surface area (Å²) in [7, 11) is 2.75. The number of hydrogen-bond acceptors (Lipinski definition) is 7. The van der Waals surface area contributed by atoms with Crippen molar-refractivity contribution < 1.29 is 23.9 Å². The van der Waals surface area contributed by atoms with E-state index in [0.717, 1.165) is 0 Å². The predicted octanol–water partition coefficient (Wildman–Crippen LogP) is -0.0129. The van der Waals surface area contributed by atoms with E-state index in [0.29, 0.717) is 5.75 Å². The lowest BCUT2D eigenvalue weighted by atomic mass is 10.2. The molecule has 1 atom stereocenters. The minimum atomic E-state index is -1.10. The van der Waals surface area contributed by atoms with E-state index in [-0.39, 0.29) is 18.0 Å². The SMILES string of the molecule is COCC(Oc1ccc(OC)cc1[N+](=O)[O-])C(=O)NN. The van der Waals surface area contributed by atoms with Gasteiger partial charge in [-0.3, -0.25) is 20.3 Å². The summed E-state index contributed by atoms with van der Waals surface area (Å²) in [6.45, 7) is -0.105. The predicted molar refractivity (Wildman–Crippen MR) is 68.3 cm³/mol. The molecule has 0 aliphatic rings. The Morgan fingerprint density at radius 3 is 2.70 bits per heavy atom. The first kappa shape index (κ1) is 15.7. The molecule has 20 heavy (non-hydrogen) atoms. The van der Waals surface area contributed by atoms with Gasteiger partial charge in [-0.1, -0.05) is 0 Å². The second kappa shape index (κ2) is 7.26. The van der Waals surface area contributed by atoms with Crippen molar-refractivity contribution in [2.75, 3.05) is 20.8 Å². The highest BCUT2D eigenvalue weighted by Gasteiger charge is 2.24. The average Bonchev–Trinajstić information content (AvgIpc) is 2.46. The van der Waals surface area contributed by atoms with Crippen LogP contribution in [0, 0.1) is 10.1 Å². The lowest BCUT2D eigenvalue weighted by Crippen LogP contribution is -2.44. The lowest BCUT2D eigenvalue weighted by Gasteiger charge is -2.16. The Bertz CT molecular complexity index is 493. The Morgan fingerprint density at radius 2 is 2.20 bits per heavy atom. The van der Waals surface area contributed by atoms with E-state index in [2.05, 4.69) is 0 Å². The smallest absolute Gasteiger partial charge is 0.314 e. The molecule has 0 saturated carbocycles. The van der Waals surface area contributed by atoms with E-state index >= 15 is 0 Å². The monoisotopic (exact) mass is 285 g/mol. The molecule has 9 nitrogen and oxygen atoms in total. The number of nitrogens with one attached hydrogen (secondary N) is 1. The number of nitrogens with zero attached hydrogens (tertiary/aromatic N) is 1. The van der Waals surface area contributed by atoms with E-state index in [1.807, 2.05) is 5.43 Å². The highest BCUT2D eigenvalue weighted by molar-refractivity contribution is 5.80. The van der Waals surface area contributed by atoms with E-state index in [9.17, 15) is 14.9 Å². The lowest BCUT2D eigenvalue weighted by molar-refractivity contribution is -0.386. The summed E-state index contributed by atoms with van der Waals surface area (Å²) in [5.41, 5.74) is 1.58. The van der Waals surface area contributed by atoms with Gasteiger partial charge < -0.3 is 14.2 Å². The van der Waals surface area contributed by atoms with Crippen LogP contribution in [0.15, 0.2) is 18.2 Å². The number of rotatable bonds is 7. The molecular weight excluding hydrogens is 270 g/mol. The zero-order valence-corrected chi connectivity index (χ0v) is 11.0. The number of hydrazine groups is 1. The van der Waals surface area contributed by atoms with Crippen LogP contribution in [0.1, 0.15) is 0 Å². The van der Waals surface area contributed by atoms with Crippen molar-refractivity contribution in [3.63, 3.8) is 0 Å². The molecular formula is C11H15N3O6. The molecule has 0 aromatic heterocycles. The summed E-state index contributed by atoms with van der Waals surface area (Å²) in [4.78, 5) is 21.8. The number of nitro benzene ring substituents is 1. The van der Waals surface area contributed by atoms with E-state index in [1.54, 1.807) is 0 Å². The number of amides is 1. The van der Waals surface area contributed by atoms with Crippen molar-refractivity contribution in [2.45, 2.75) is 6.10 Å². The number of benzene rings is 1. The third kappa shape index (κ3) is 3.80. The van der Waals surface area contributed by atoms with Crippen molar-refractivity contribution in [3.8, 4) is 11.5 Å². The average molecular weight is 285 g/mol. The molecule has 0 bridgehead atoms. The zero-order chi connectivity index (χ0) is 15.1. The van der Waals surface area contributed by atoms with Gasteiger partial charge in [-0.25, -0.2) is 5.84 Å². The second-order valence-corrected chi connectivity index (χ2v) is 3.66. The molecule has 1 amide bonds. The van der Waals surface area contributed by atoms with Gasteiger partial charge in [0.15, 0.2) is 5.75 Å². The summed E-state index contributed by atoms with van der Waals surface area (Å²) in [5, 5.41) is 11.0. The number of hydrogen-bond donors (Lipinski definition) is 2. The number of methoxy groups -OCH3 is 2. The van der Waals surface area contributed by atoms with Crippen LogP contribution in [0.4, 0.5) is 5.69 Å². The maximum Gasteiger partial charge on any atom is 0.314 e. The van der Waals surface area contributed by atoms with Gasteiger partial charge in [0.1, 0.15) is 5.75 Å². The van der Waals surface area contributed by atoms with Gasteiger partial charge >= 0.3 is 5.69 Å². The number of carbonyl (C=O) groups is 1. The highest BCUT2D eigenvalue weighted by Crippen LogP contribution is 2.31. The number of nitrogens with two attached hydrogens (primary N) is 1. The van der Waals surface area contributed by atoms with E-state index < -0.39 is 16.9 Å². The molecule has 1 rings (SSSR count). The van der Waals surface area contributed by atoms with Crippen molar-refractivity contribution in [1.29, 1.82) is 0 Å². The van der Waals surface area contributed by atoms with E-state index in [4.69, 9.17) is 20.1 Å². The van der Waals surface area contributed by atoms with Gasteiger partial charge in [-0.2, -0.15) is 0 Å². The molecule has 0 aliphatic heterocycles. The molecule has 3 N–H and O–H groups in total. The van der Waals surface area contributed by atoms with Crippen molar-refractivity contribution in [1.82, 2.24) is 5.43 Å². The van der Waals surface area contributed by atoms with Gasteiger partial charge in [0.2, 0.25) is 6.10 Å². The second-order valence-electron chi connectivity index (χ2n) is 3.66. The summed E-state index contributed by atoms with van der Waals surface area (Å²) in [6, 6.07) is 4.01. The quantitative estimate of drug-likeness (QED) is 0.312. The molecule has 0 fully saturated rings. The number of nitro groups is 1. The largest absolute Gasteiger partial charge is 0.496 e. The molecule has 0 radical (unpaired) electrons. The summed E-state index contributed by atoms with van der Waals surface area (Å²) >= 11 is 0.